The number of hydrogen-bond acceptors (Lipinski definition) is 3. The lowest BCUT2D eigenvalue weighted by atomic mass is 10.1. The molecule has 0 radical (unpaired) electrons. The Labute approximate surface area is 117 Å². The quantitative estimate of drug-likeness (QED) is 0.854. The predicted octanol–water partition coefficient (Wildman–Crippen LogP) is 2.46. The van der Waals surface area contributed by atoms with Crippen LogP contribution < -0.4 is 10.6 Å². The molecule has 1 saturated carbocycles. The van der Waals surface area contributed by atoms with Crippen LogP contribution in [0.1, 0.15) is 31.2 Å². The molecule has 0 atom stereocenters. The maximum atomic E-state index is 5.77. The lowest BCUT2D eigenvalue weighted by Crippen LogP contribution is -2.36. The van der Waals surface area contributed by atoms with Crippen molar-refractivity contribution in [2.45, 2.75) is 38.3 Å². The zero-order chi connectivity index (χ0) is 13.7. The molecule has 0 amide bonds. The van der Waals surface area contributed by atoms with Crippen molar-refractivity contribution in [1.29, 1.82) is 0 Å². The van der Waals surface area contributed by atoms with Crippen molar-refractivity contribution < 1.29 is 0 Å². The molecular formula is C16H27N3. The first-order chi connectivity index (χ1) is 9.20. The highest BCUT2D eigenvalue weighted by Gasteiger charge is 2.21. The van der Waals surface area contributed by atoms with E-state index in [9.17, 15) is 0 Å². The Morgan fingerprint density at radius 3 is 2.26 bits per heavy atom. The zero-order valence-electron chi connectivity index (χ0n) is 12.3. The van der Waals surface area contributed by atoms with Crippen LogP contribution in [0.25, 0.3) is 0 Å². The van der Waals surface area contributed by atoms with E-state index in [1.54, 1.807) is 0 Å². The summed E-state index contributed by atoms with van der Waals surface area (Å²) < 4.78 is 0. The minimum Gasteiger partial charge on any atom is -0.378 e. The van der Waals surface area contributed by atoms with Crippen LogP contribution in [0.15, 0.2) is 24.3 Å². The van der Waals surface area contributed by atoms with E-state index in [1.807, 2.05) is 0 Å². The first kappa shape index (κ1) is 14.4. The molecule has 1 fully saturated rings. The summed E-state index contributed by atoms with van der Waals surface area (Å²) in [6.07, 6.45) is 5.45. The van der Waals surface area contributed by atoms with E-state index in [2.05, 4.69) is 48.2 Å². The molecule has 0 aromatic heterocycles. The molecule has 1 aromatic rings. The maximum absolute atomic E-state index is 5.77. The van der Waals surface area contributed by atoms with Gasteiger partial charge in [0.1, 0.15) is 0 Å². The summed E-state index contributed by atoms with van der Waals surface area (Å²) in [4.78, 5) is 4.70. The van der Waals surface area contributed by atoms with E-state index in [0.29, 0.717) is 0 Å². The van der Waals surface area contributed by atoms with E-state index in [-0.39, 0.29) is 0 Å². The molecule has 1 aliphatic rings. The third-order valence-corrected chi connectivity index (χ3v) is 4.10. The third-order valence-electron chi connectivity index (χ3n) is 4.10. The van der Waals surface area contributed by atoms with Crippen LogP contribution in [0.2, 0.25) is 0 Å². The lowest BCUT2D eigenvalue weighted by molar-refractivity contribution is 0.195. The molecule has 3 nitrogen and oxygen atoms in total. The maximum Gasteiger partial charge on any atom is 0.0361 e. The summed E-state index contributed by atoms with van der Waals surface area (Å²) in [6.45, 7) is 2.81. The Morgan fingerprint density at radius 1 is 1.11 bits per heavy atom. The van der Waals surface area contributed by atoms with Gasteiger partial charge in [0, 0.05) is 45.5 Å². The zero-order valence-corrected chi connectivity index (χ0v) is 12.3. The summed E-state index contributed by atoms with van der Waals surface area (Å²) in [5, 5.41) is 0. The van der Waals surface area contributed by atoms with Crippen molar-refractivity contribution >= 4 is 5.69 Å². The highest BCUT2D eigenvalue weighted by molar-refractivity contribution is 5.45. The minimum atomic E-state index is 0.747. The molecule has 106 valence electrons. The Morgan fingerprint density at radius 2 is 1.74 bits per heavy atom. The van der Waals surface area contributed by atoms with Crippen molar-refractivity contribution in [2.24, 2.45) is 5.73 Å². The monoisotopic (exact) mass is 261 g/mol. The van der Waals surface area contributed by atoms with Crippen molar-refractivity contribution in [3.8, 4) is 0 Å². The summed E-state index contributed by atoms with van der Waals surface area (Å²) in [5.74, 6) is 0. The van der Waals surface area contributed by atoms with Gasteiger partial charge in [0.25, 0.3) is 0 Å². The van der Waals surface area contributed by atoms with E-state index < -0.39 is 0 Å². The molecule has 0 bridgehead atoms. The van der Waals surface area contributed by atoms with Gasteiger partial charge in [0.15, 0.2) is 0 Å². The highest BCUT2D eigenvalue weighted by atomic mass is 15.2. The molecule has 0 spiro atoms. The van der Waals surface area contributed by atoms with Gasteiger partial charge in [-0.1, -0.05) is 25.0 Å². The number of rotatable bonds is 6. The fourth-order valence-corrected chi connectivity index (χ4v) is 2.96. The number of anilines is 1. The topological polar surface area (TPSA) is 32.5 Å². The average molecular weight is 261 g/mol. The van der Waals surface area contributed by atoms with Crippen LogP contribution in [-0.2, 0) is 6.54 Å². The van der Waals surface area contributed by atoms with E-state index >= 15 is 0 Å². The third kappa shape index (κ3) is 3.95. The van der Waals surface area contributed by atoms with Crippen LogP contribution in [0, 0.1) is 0 Å². The SMILES string of the molecule is CN(C)c1ccc(CN(CCN)C2CCCC2)cc1. The molecule has 19 heavy (non-hydrogen) atoms. The van der Waals surface area contributed by atoms with Crippen molar-refractivity contribution in [3.05, 3.63) is 29.8 Å². The number of benzene rings is 1. The smallest absolute Gasteiger partial charge is 0.0361 e. The Hall–Kier alpha value is -1.06. The van der Waals surface area contributed by atoms with Crippen LogP contribution in [0.4, 0.5) is 5.69 Å². The molecule has 2 N–H and O–H groups in total. The van der Waals surface area contributed by atoms with E-state index in [0.717, 1.165) is 25.7 Å². The summed E-state index contributed by atoms with van der Waals surface area (Å²) in [5.41, 5.74) is 8.42. The van der Waals surface area contributed by atoms with Gasteiger partial charge < -0.3 is 10.6 Å². The second-order valence-corrected chi connectivity index (χ2v) is 5.76. The summed E-state index contributed by atoms with van der Waals surface area (Å²) in [7, 11) is 4.16. The van der Waals surface area contributed by atoms with Gasteiger partial charge in [-0.05, 0) is 30.5 Å². The molecule has 0 aliphatic heterocycles. The number of nitrogens with zero attached hydrogens (tertiary/aromatic N) is 2. The standard InChI is InChI=1S/C16H27N3/c1-18(2)15-9-7-14(8-10-15)13-19(12-11-17)16-5-3-4-6-16/h7-10,16H,3-6,11-13,17H2,1-2H3. The Bertz CT molecular complexity index is 366. The van der Waals surface area contributed by atoms with Crippen LogP contribution in [-0.4, -0.2) is 38.1 Å². The average Bonchev–Trinajstić information content (AvgIpc) is 2.92. The second kappa shape index (κ2) is 6.92. The first-order valence-corrected chi connectivity index (χ1v) is 7.41. The lowest BCUT2D eigenvalue weighted by Gasteiger charge is -2.28. The molecular weight excluding hydrogens is 234 g/mol. The van der Waals surface area contributed by atoms with Gasteiger partial charge >= 0.3 is 0 Å². The second-order valence-electron chi connectivity index (χ2n) is 5.76. The number of nitrogens with two attached hydrogens (primary N) is 1. The van der Waals surface area contributed by atoms with Crippen LogP contribution in [0.3, 0.4) is 0 Å². The highest BCUT2D eigenvalue weighted by Crippen LogP contribution is 2.25. The van der Waals surface area contributed by atoms with Crippen molar-refractivity contribution in [2.75, 3.05) is 32.1 Å². The molecule has 0 saturated heterocycles. The molecule has 0 unspecified atom stereocenters. The number of hydrogen-bond donors (Lipinski definition) is 1. The van der Waals surface area contributed by atoms with Crippen molar-refractivity contribution in [1.82, 2.24) is 4.90 Å². The van der Waals surface area contributed by atoms with Gasteiger partial charge in [-0.25, -0.2) is 0 Å². The van der Waals surface area contributed by atoms with Gasteiger partial charge in [-0.3, -0.25) is 4.90 Å². The summed E-state index contributed by atoms with van der Waals surface area (Å²) >= 11 is 0. The fraction of sp³-hybridized carbons (Fsp3) is 0.625. The Kier molecular flexibility index (Phi) is 5.23. The molecule has 1 aromatic carbocycles. The minimum absolute atomic E-state index is 0.747. The molecule has 1 aliphatic carbocycles. The van der Waals surface area contributed by atoms with E-state index in [4.69, 9.17) is 5.73 Å². The summed E-state index contributed by atoms with van der Waals surface area (Å²) in [6, 6.07) is 9.63. The van der Waals surface area contributed by atoms with Crippen LogP contribution >= 0.6 is 0 Å². The van der Waals surface area contributed by atoms with Crippen molar-refractivity contribution in [3.63, 3.8) is 0 Å². The largest absolute Gasteiger partial charge is 0.378 e. The normalized spacial score (nSPS) is 16.2. The van der Waals surface area contributed by atoms with Crippen LogP contribution in [0.5, 0.6) is 0 Å². The van der Waals surface area contributed by atoms with Gasteiger partial charge in [-0.2, -0.15) is 0 Å². The molecule has 2 rings (SSSR count). The molecule has 0 heterocycles. The predicted molar refractivity (Wildman–Crippen MR) is 82.5 cm³/mol. The first-order valence-electron chi connectivity index (χ1n) is 7.41. The fourth-order valence-electron chi connectivity index (χ4n) is 2.96. The van der Waals surface area contributed by atoms with E-state index in [1.165, 1.54) is 36.9 Å². The van der Waals surface area contributed by atoms with Gasteiger partial charge in [-0.15, -0.1) is 0 Å². The van der Waals surface area contributed by atoms with Gasteiger partial charge in [0.2, 0.25) is 0 Å². The Balaban J connectivity index is 1.99. The molecule has 3 heteroatoms. The van der Waals surface area contributed by atoms with Gasteiger partial charge in [0.05, 0.1) is 0 Å².